The number of halogens is 2. The Balaban J connectivity index is 2.22. The molecular weight excluding hydrogens is 358 g/mol. The molecule has 0 aliphatic carbocycles. The van der Waals surface area contributed by atoms with Crippen molar-refractivity contribution >= 4 is 45.0 Å². The predicted molar refractivity (Wildman–Crippen MR) is 90.4 cm³/mol. The predicted octanol–water partition coefficient (Wildman–Crippen LogP) is 4.76. The first-order chi connectivity index (χ1) is 9.56. The highest BCUT2D eigenvalue weighted by atomic mass is 79.9. The van der Waals surface area contributed by atoms with Crippen molar-refractivity contribution in [3.8, 4) is 0 Å². The van der Waals surface area contributed by atoms with E-state index < -0.39 is 0 Å². The van der Waals surface area contributed by atoms with Crippen LogP contribution in [0.4, 0.5) is 5.69 Å². The van der Waals surface area contributed by atoms with Crippen molar-refractivity contribution in [1.82, 2.24) is 9.78 Å². The van der Waals surface area contributed by atoms with Gasteiger partial charge in [-0.15, -0.1) is 11.8 Å². The van der Waals surface area contributed by atoms with E-state index in [2.05, 4.69) is 34.9 Å². The Hall–Kier alpha value is -0.650. The number of anilines is 1. The van der Waals surface area contributed by atoms with E-state index in [0.717, 1.165) is 44.5 Å². The number of nitrogens with zero attached hydrogens (tertiary/aromatic N) is 2. The van der Waals surface area contributed by atoms with Crippen molar-refractivity contribution in [3.05, 3.63) is 39.1 Å². The van der Waals surface area contributed by atoms with Gasteiger partial charge < -0.3 is 5.73 Å². The topological polar surface area (TPSA) is 43.8 Å². The number of thioether (sulfide) groups is 1. The van der Waals surface area contributed by atoms with Gasteiger partial charge in [-0.1, -0.05) is 18.5 Å². The van der Waals surface area contributed by atoms with E-state index in [1.807, 2.05) is 22.9 Å². The number of aromatic nitrogens is 2. The molecule has 0 radical (unpaired) electrons. The minimum atomic E-state index is 0.731. The van der Waals surface area contributed by atoms with Gasteiger partial charge in [0.25, 0.3) is 0 Å². The molecule has 2 N–H and O–H groups in total. The van der Waals surface area contributed by atoms with Crippen molar-refractivity contribution in [2.75, 3.05) is 5.73 Å². The summed E-state index contributed by atoms with van der Waals surface area (Å²) >= 11 is 11.5. The molecule has 0 unspecified atom stereocenters. The summed E-state index contributed by atoms with van der Waals surface area (Å²) in [4.78, 5) is 1.00. The fourth-order valence-corrected chi connectivity index (χ4v) is 4.11. The monoisotopic (exact) mass is 373 g/mol. The Kier molecular flexibility index (Phi) is 5.41. The molecule has 6 heteroatoms. The molecule has 0 bridgehead atoms. The smallest absolute Gasteiger partial charge is 0.0767 e. The molecule has 0 aliphatic rings. The first-order valence-corrected chi connectivity index (χ1v) is 8.64. The van der Waals surface area contributed by atoms with Crippen molar-refractivity contribution in [1.29, 1.82) is 0 Å². The van der Waals surface area contributed by atoms with Crippen LogP contribution >= 0.6 is 39.3 Å². The van der Waals surface area contributed by atoms with E-state index in [-0.39, 0.29) is 0 Å². The lowest BCUT2D eigenvalue weighted by Gasteiger charge is -2.07. The lowest BCUT2D eigenvalue weighted by molar-refractivity contribution is 0.627. The summed E-state index contributed by atoms with van der Waals surface area (Å²) in [6.45, 7) is 5.07. The standard InChI is InChI=1S/C14H17BrClN3S/c1-3-11-14(15)12(19(4-2)18-11)8-20-13-7-9(17)5-6-10(13)16/h5-7H,3-4,8,17H2,1-2H3. The average Bonchev–Trinajstić information content (AvgIpc) is 2.75. The zero-order valence-corrected chi connectivity index (χ0v) is 14.6. The zero-order chi connectivity index (χ0) is 14.7. The average molecular weight is 375 g/mol. The molecule has 108 valence electrons. The first-order valence-electron chi connectivity index (χ1n) is 6.48. The Bertz CT molecular complexity index is 613. The van der Waals surface area contributed by atoms with Crippen molar-refractivity contribution in [2.24, 2.45) is 0 Å². The molecule has 2 rings (SSSR count). The van der Waals surface area contributed by atoms with Gasteiger partial charge in [-0.3, -0.25) is 4.68 Å². The normalized spacial score (nSPS) is 11.0. The van der Waals surface area contributed by atoms with Crippen molar-refractivity contribution in [2.45, 2.75) is 37.5 Å². The summed E-state index contributed by atoms with van der Waals surface area (Å²) in [6, 6.07) is 5.56. The maximum absolute atomic E-state index is 6.20. The minimum Gasteiger partial charge on any atom is -0.399 e. The molecule has 0 spiro atoms. The highest BCUT2D eigenvalue weighted by Crippen LogP contribution is 2.34. The fourth-order valence-electron chi connectivity index (χ4n) is 1.93. The molecule has 20 heavy (non-hydrogen) atoms. The summed E-state index contributed by atoms with van der Waals surface area (Å²) in [5.74, 6) is 0.810. The van der Waals surface area contributed by atoms with Crippen LogP contribution in [-0.2, 0) is 18.7 Å². The highest BCUT2D eigenvalue weighted by Gasteiger charge is 2.14. The largest absolute Gasteiger partial charge is 0.399 e. The highest BCUT2D eigenvalue weighted by molar-refractivity contribution is 9.10. The molecule has 1 heterocycles. The molecule has 0 aliphatic heterocycles. The van der Waals surface area contributed by atoms with Gasteiger partial charge in [-0.25, -0.2) is 0 Å². The van der Waals surface area contributed by atoms with Crippen LogP contribution in [0.2, 0.25) is 5.02 Å². The fraction of sp³-hybridized carbons (Fsp3) is 0.357. The van der Waals surface area contributed by atoms with Crippen LogP contribution in [0.5, 0.6) is 0 Å². The molecule has 0 amide bonds. The molecule has 2 aromatic rings. The molecule has 1 aromatic carbocycles. The summed E-state index contributed by atoms with van der Waals surface area (Å²) in [6.07, 6.45) is 0.921. The van der Waals surface area contributed by atoms with Gasteiger partial charge >= 0.3 is 0 Å². The Labute approximate surface area is 137 Å². The Morgan fingerprint density at radius 2 is 2.15 bits per heavy atom. The van der Waals surface area contributed by atoms with Crippen molar-refractivity contribution in [3.63, 3.8) is 0 Å². The van der Waals surface area contributed by atoms with Crippen LogP contribution in [0.1, 0.15) is 25.2 Å². The van der Waals surface area contributed by atoms with E-state index >= 15 is 0 Å². The quantitative estimate of drug-likeness (QED) is 0.606. The number of benzene rings is 1. The second kappa shape index (κ2) is 6.87. The van der Waals surface area contributed by atoms with Gasteiger partial charge in [-0.2, -0.15) is 5.10 Å². The number of hydrogen-bond acceptors (Lipinski definition) is 3. The van der Waals surface area contributed by atoms with Crippen LogP contribution in [0.3, 0.4) is 0 Å². The van der Waals surface area contributed by atoms with E-state index in [9.17, 15) is 0 Å². The second-order valence-electron chi connectivity index (χ2n) is 4.36. The van der Waals surface area contributed by atoms with E-state index in [0.29, 0.717) is 0 Å². The number of hydrogen-bond donors (Lipinski definition) is 1. The lowest BCUT2D eigenvalue weighted by Crippen LogP contribution is -2.02. The second-order valence-corrected chi connectivity index (χ2v) is 6.57. The first kappa shape index (κ1) is 15.7. The summed E-state index contributed by atoms with van der Waals surface area (Å²) in [5.41, 5.74) is 8.83. The van der Waals surface area contributed by atoms with Crippen LogP contribution in [0.25, 0.3) is 0 Å². The van der Waals surface area contributed by atoms with Gasteiger partial charge in [-0.05, 0) is 47.5 Å². The molecular formula is C14H17BrClN3S. The van der Waals surface area contributed by atoms with Crippen LogP contribution in [0, 0.1) is 0 Å². The van der Waals surface area contributed by atoms with Gasteiger partial charge in [0.15, 0.2) is 0 Å². The lowest BCUT2D eigenvalue weighted by atomic mass is 10.3. The van der Waals surface area contributed by atoms with Gasteiger partial charge in [0.05, 0.1) is 20.9 Å². The maximum atomic E-state index is 6.20. The third-order valence-corrected chi connectivity index (χ3v) is 5.44. The molecule has 0 fully saturated rings. The Morgan fingerprint density at radius 3 is 2.80 bits per heavy atom. The van der Waals surface area contributed by atoms with Crippen LogP contribution < -0.4 is 5.73 Å². The van der Waals surface area contributed by atoms with E-state index in [4.69, 9.17) is 17.3 Å². The Morgan fingerprint density at radius 1 is 1.40 bits per heavy atom. The number of aryl methyl sites for hydroxylation is 2. The van der Waals surface area contributed by atoms with Crippen LogP contribution in [0.15, 0.2) is 27.6 Å². The van der Waals surface area contributed by atoms with E-state index in [1.165, 1.54) is 5.69 Å². The summed E-state index contributed by atoms with van der Waals surface area (Å²) in [5, 5.41) is 5.33. The zero-order valence-electron chi connectivity index (χ0n) is 11.5. The molecule has 3 nitrogen and oxygen atoms in total. The number of rotatable bonds is 5. The van der Waals surface area contributed by atoms with Gasteiger partial charge in [0.2, 0.25) is 0 Å². The van der Waals surface area contributed by atoms with E-state index in [1.54, 1.807) is 11.8 Å². The number of nitrogen functional groups attached to an aromatic ring is 1. The molecule has 1 aromatic heterocycles. The van der Waals surface area contributed by atoms with Gasteiger partial charge in [0, 0.05) is 22.9 Å². The van der Waals surface area contributed by atoms with Gasteiger partial charge in [0.1, 0.15) is 0 Å². The number of nitrogens with two attached hydrogens (primary N) is 1. The van der Waals surface area contributed by atoms with Crippen LogP contribution in [-0.4, -0.2) is 9.78 Å². The third-order valence-electron chi connectivity index (χ3n) is 3.01. The summed E-state index contributed by atoms with van der Waals surface area (Å²) < 4.78 is 3.14. The van der Waals surface area contributed by atoms with Crippen molar-refractivity contribution < 1.29 is 0 Å². The molecule has 0 saturated carbocycles. The third kappa shape index (κ3) is 3.32. The minimum absolute atomic E-state index is 0.731. The SMILES string of the molecule is CCc1nn(CC)c(CSc2cc(N)ccc2Cl)c1Br. The molecule has 0 saturated heterocycles. The maximum Gasteiger partial charge on any atom is 0.0767 e. The summed E-state index contributed by atoms with van der Waals surface area (Å²) in [7, 11) is 0. The molecule has 0 atom stereocenters.